The average Bonchev–Trinajstić information content (AvgIpc) is 3.80. The highest BCUT2D eigenvalue weighted by Crippen LogP contribution is 2.57. The SMILES string of the molecule is c1ccc(-c2ccc(-c3ccc(N(c4ccc(-c5cccc(-c6ccccc6)c5-c5ccccc5-c5ccccc5)cc4)c4ccc5c(c4)C(c4ccccc4)(c4ccccc4)c4ccccc4-5)cc3)cc2)cc1. The Bertz CT molecular complexity index is 3850. The third-order valence-electron chi connectivity index (χ3n) is 15.0. The smallest absolute Gasteiger partial charge is 0.0714 e. The summed E-state index contributed by atoms with van der Waals surface area (Å²) in [6.07, 6.45) is 0. The van der Waals surface area contributed by atoms with Gasteiger partial charge in [-0.1, -0.05) is 273 Å². The molecule has 12 aromatic rings. The largest absolute Gasteiger partial charge is 0.310 e. The Morgan fingerprint density at radius 1 is 0.203 bits per heavy atom. The molecule has 0 fully saturated rings. The first-order valence-electron chi connectivity index (χ1n) is 25.6. The van der Waals surface area contributed by atoms with Gasteiger partial charge in [0.05, 0.1) is 5.41 Å². The van der Waals surface area contributed by atoms with Crippen LogP contribution in [0.1, 0.15) is 22.3 Å². The van der Waals surface area contributed by atoms with Crippen LogP contribution in [0.5, 0.6) is 0 Å². The molecule has 0 unspecified atom stereocenters. The van der Waals surface area contributed by atoms with Gasteiger partial charge >= 0.3 is 0 Å². The van der Waals surface area contributed by atoms with Crippen LogP contribution in [0, 0.1) is 0 Å². The zero-order valence-corrected chi connectivity index (χ0v) is 40.9. The molecule has 1 heteroatoms. The van der Waals surface area contributed by atoms with E-state index in [1.54, 1.807) is 0 Å². The Labute approximate surface area is 434 Å². The van der Waals surface area contributed by atoms with Crippen LogP contribution in [0.2, 0.25) is 0 Å². The number of fused-ring (bicyclic) bond motifs is 3. The van der Waals surface area contributed by atoms with Gasteiger partial charge in [0, 0.05) is 17.1 Å². The lowest BCUT2D eigenvalue weighted by atomic mass is 9.67. The number of anilines is 3. The maximum absolute atomic E-state index is 2.46. The minimum atomic E-state index is -0.536. The summed E-state index contributed by atoms with van der Waals surface area (Å²) in [6, 6.07) is 113. The molecule has 1 nitrogen and oxygen atoms in total. The van der Waals surface area contributed by atoms with Crippen LogP contribution in [0.3, 0.4) is 0 Å². The molecule has 0 saturated carbocycles. The fourth-order valence-electron chi connectivity index (χ4n) is 11.6. The number of benzene rings is 12. The second-order valence-corrected chi connectivity index (χ2v) is 19.1. The minimum Gasteiger partial charge on any atom is -0.310 e. The number of hydrogen-bond acceptors (Lipinski definition) is 1. The number of hydrogen-bond donors (Lipinski definition) is 0. The fourth-order valence-corrected chi connectivity index (χ4v) is 11.6. The van der Waals surface area contributed by atoms with Crippen molar-refractivity contribution in [1.82, 2.24) is 0 Å². The van der Waals surface area contributed by atoms with Crippen LogP contribution in [-0.2, 0) is 5.41 Å². The van der Waals surface area contributed by atoms with Crippen molar-refractivity contribution in [3.8, 4) is 77.9 Å². The van der Waals surface area contributed by atoms with Crippen LogP contribution in [-0.4, -0.2) is 0 Å². The van der Waals surface area contributed by atoms with E-state index in [2.05, 4.69) is 314 Å². The standard InChI is InChI=1S/C73H51N/c1-6-21-52(22-7-1)53-37-39-54(40-38-53)55-41-45-61(46-42-55)74(63-49-50-68-67-32-18-19-36-70(67)73(71(68)51-63,59-27-12-4-13-28-59)60-29-14-5-15-30-60)62-47-43-58(44-48-62)66-35-20-34-65(57-25-10-3-11-26-57)72(66)69-33-17-16-31-64(69)56-23-8-2-9-24-56/h1-51H. The first kappa shape index (κ1) is 44.4. The molecule has 1 aliphatic rings. The molecule has 348 valence electrons. The van der Waals surface area contributed by atoms with Crippen molar-refractivity contribution in [3.05, 3.63) is 332 Å². The monoisotopic (exact) mass is 941 g/mol. The van der Waals surface area contributed by atoms with Gasteiger partial charge in [0.25, 0.3) is 0 Å². The summed E-state index contributed by atoms with van der Waals surface area (Å²) < 4.78 is 0. The first-order valence-corrected chi connectivity index (χ1v) is 25.6. The summed E-state index contributed by atoms with van der Waals surface area (Å²) in [5, 5.41) is 0. The van der Waals surface area contributed by atoms with E-state index < -0.39 is 5.41 Å². The van der Waals surface area contributed by atoms with E-state index in [0.717, 1.165) is 22.6 Å². The molecule has 0 spiro atoms. The molecule has 12 aromatic carbocycles. The molecular formula is C73H51N. The summed E-state index contributed by atoms with van der Waals surface area (Å²) in [6.45, 7) is 0. The van der Waals surface area contributed by atoms with Gasteiger partial charge in [-0.05, 0) is 137 Å². The number of rotatable bonds is 11. The van der Waals surface area contributed by atoms with Crippen LogP contribution in [0.4, 0.5) is 17.1 Å². The third-order valence-corrected chi connectivity index (χ3v) is 15.0. The van der Waals surface area contributed by atoms with Crippen molar-refractivity contribution in [2.24, 2.45) is 0 Å². The highest BCUT2D eigenvalue weighted by Gasteiger charge is 2.46. The van der Waals surface area contributed by atoms with Gasteiger partial charge in [-0.2, -0.15) is 0 Å². The minimum absolute atomic E-state index is 0.536. The Hall–Kier alpha value is -9.56. The molecule has 0 bridgehead atoms. The fraction of sp³-hybridized carbons (Fsp3) is 0.0137. The van der Waals surface area contributed by atoms with Crippen molar-refractivity contribution in [1.29, 1.82) is 0 Å². The molecule has 0 N–H and O–H groups in total. The highest BCUT2D eigenvalue weighted by molar-refractivity contribution is 6.00. The maximum atomic E-state index is 2.46. The van der Waals surface area contributed by atoms with Gasteiger partial charge in [0.1, 0.15) is 0 Å². The van der Waals surface area contributed by atoms with Crippen molar-refractivity contribution in [2.75, 3.05) is 4.90 Å². The number of nitrogens with zero attached hydrogens (tertiary/aromatic N) is 1. The van der Waals surface area contributed by atoms with Crippen LogP contribution in [0.15, 0.2) is 309 Å². The molecule has 0 saturated heterocycles. The quantitative estimate of drug-likeness (QED) is 0.125. The van der Waals surface area contributed by atoms with E-state index in [4.69, 9.17) is 0 Å². The lowest BCUT2D eigenvalue weighted by Gasteiger charge is -2.35. The molecule has 1 aliphatic carbocycles. The zero-order chi connectivity index (χ0) is 49.3. The molecule has 0 heterocycles. The average molecular weight is 942 g/mol. The van der Waals surface area contributed by atoms with Crippen LogP contribution in [0.25, 0.3) is 77.9 Å². The Morgan fingerprint density at radius 2 is 0.541 bits per heavy atom. The molecule has 0 radical (unpaired) electrons. The zero-order valence-electron chi connectivity index (χ0n) is 40.9. The van der Waals surface area contributed by atoms with E-state index in [-0.39, 0.29) is 0 Å². The Morgan fingerprint density at radius 3 is 1.07 bits per heavy atom. The van der Waals surface area contributed by atoms with Crippen molar-refractivity contribution >= 4 is 17.1 Å². The summed E-state index contributed by atoms with van der Waals surface area (Å²) in [5.41, 5.74) is 24.6. The topological polar surface area (TPSA) is 3.24 Å². The van der Waals surface area contributed by atoms with E-state index in [1.165, 1.54) is 94.6 Å². The molecular weight excluding hydrogens is 891 g/mol. The summed E-state index contributed by atoms with van der Waals surface area (Å²) in [5.74, 6) is 0. The molecule has 74 heavy (non-hydrogen) atoms. The lowest BCUT2D eigenvalue weighted by molar-refractivity contribution is 0.768. The summed E-state index contributed by atoms with van der Waals surface area (Å²) in [4.78, 5) is 2.43. The van der Waals surface area contributed by atoms with E-state index in [0.29, 0.717) is 0 Å². The molecule has 0 amide bonds. The van der Waals surface area contributed by atoms with Gasteiger partial charge in [0.2, 0.25) is 0 Å². The second-order valence-electron chi connectivity index (χ2n) is 19.1. The third kappa shape index (κ3) is 7.84. The normalized spacial score (nSPS) is 12.2. The van der Waals surface area contributed by atoms with Crippen LogP contribution >= 0.6 is 0 Å². The van der Waals surface area contributed by atoms with Crippen molar-refractivity contribution in [3.63, 3.8) is 0 Å². The van der Waals surface area contributed by atoms with Gasteiger partial charge in [-0.15, -0.1) is 0 Å². The van der Waals surface area contributed by atoms with Gasteiger partial charge in [-0.25, -0.2) is 0 Å². The molecule has 0 aliphatic heterocycles. The Balaban J connectivity index is 0.975. The predicted octanol–water partition coefficient (Wildman–Crippen LogP) is 19.5. The van der Waals surface area contributed by atoms with Gasteiger partial charge in [0.15, 0.2) is 0 Å². The van der Waals surface area contributed by atoms with Gasteiger partial charge in [-0.3, -0.25) is 0 Å². The predicted molar refractivity (Wildman–Crippen MR) is 311 cm³/mol. The van der Waals surface area contributed by atoms with E-state index in [1.807, 2.05) is 0 Å². The molecule has 0 atom stereocenters. The van der Waals surface area contributed by atoms with Gasteiger partial charge < -0.3 is 4.90 Å². The first-order chi connectivity index (χ1) is 36.7. The maximum Gasteiger partial charge on any atom is 0.0714 e. The summed E-state index contributed by atoms with van der Waals surface area (Å²) in [7, 11) is 0. The lowest BCUT2D eigenvalue weighted by Crippen LogP contribution is -2.28. The molecule has 0 aromatic heterocycles. The van der Waals surface area contributed by atoms with Crippen LogP contribution < -0.4 is 4.90 Å². The van der Waals surface area contributed by atoms with E-state index in [9.17, 15) is 0 Å². The van der Waals surface area contributed by atoms with Crippen molar-refractivity contribution < 1.29 is 0 Å². The summed E-state index contributed by atoms with van der Waals surface area (Å²) >= 11 is 0. The Kier molecular flexibility index (Phi) is 11.5. The molecule has 13 rings (SSSR count). The van der Waals surface area contributed by atoms with E-state index >= 15 is 0 Å². The van der Waals surface area contributed by atoms with Crippen molar-refractivity contribution in [2.45, 2.75) is 5.41 Å². The highest BCUT2D eigenvalue weighted by atomic mass is 15.1. The second kappa shape index (κ2) is 19.2.